The number of thioether (sulfide) groups is 1. The SMILES string of the molecule is CC(CN)CSCC(=O)OC(C)C. The molecule has 2 N–H and O–H groups in total. The Balaban J connectivity index is 3.37. The van der Waals surface area contributed by atoms with Crippen LogP contribution in [0.2, 0.25) is 0 Å². The van der Waals surface area contributed by atoms with Crippen molar-refractivity contribution in [3.63, 3.8) is 0 Å². The van der Waals surface area contributed by atoms with E-state index >= 15 is 0 Å². The quantitative estimate of drug-likeness (QED) is 0.663. The predicted molar refractivity (Wildman–Crippen MR) is 56.8 cm³/mol. The van der Waals surface area contributed by atoms with Crippen LogP contribution >= 0.6 is 11.8 Å². The molecule has 4 heteroatoms. The fourth-order valence-electron chi connectivity index (χ4n) is 0.708. The molecule has 0 aliphatic carbocycles. The number of carbonyl (C=O) groups excluding carboxylic acids is 1. The molecule has 0 bridgehead atoms. The van der Waals surface area contributed by atoms with Gasteiger partial charge < -0.3 is 10.5 Å². The summed E-state index contributed by atoms with van der Waals surface area (Å²) in [6.45, 7) is 6.45. The number of nitrogens with two attached hydrogens (primary N) is 1. The van der Waals surface area contributed by atoms with Crippen molar-refractivity contribution in [1.82, 2.24) is 0 Å². The van der Waals surface area contributed by atoms with Gasteiger partial charge in [-0.1, -0.05) is 6.92 Å². The summed E-state index contributed by atoms with van der Waals surface area (Å²) in [4.78, 5) is 11.0. The fraction of sp³-hybridized carbons (Fsp3) is 0.889. The van der Waals surface area contributed by atoms with Crippen molar-refractivity contribution in [3.05, 3.63) is 0 Å². The molecule has 1 atom stereocenters. The maximum atomic E-state index is 11.0. The lowest BCUT2D eigenvalue weighted by molar-refractivity contribution is -0.144. The summed E-state index contributed by atoms with van der Waals surface area (Å²) in [5.74, 6) is 1.69. The number of carbonyl (C=O) groups is 1. The molecule has 0 aliphatic rings. The molecule has 0 spiro atoms. The summed E-state index contributed by atoms with van der Waals surface area (Å²) >= 11 is 1.58. The molecule has 0 rings (SSSR count). The Kier molecular flexibility index (Phi) is 7.09. The first kappa shape index (κ1) is 12.8. The van der Waals surface area contributed by atoms with Crippen LogP contribution in [-0.4, -0.2) is 30.1 Å². The molecule has 13 heavy (non-hydrogen) atoms. The molecule has 0 radical (unpaired) electrons. The zero-order valence-corrected chi connectivity index (χ0v) is 9.39. The molecule has 0 aliphatic heterocycles. The maximum Gasteiger partial charge on any atom is 0.316 e. The van der Waals surface area contributed by atoms with Crippen molar-refractivity contribution in [1.29, 1.82) is 0 Å². The molecule has 0 heterocycles. The topological polar surface area (TPSA) is 52.3 Å². The van der Waals surface area contributed by atoms with Gasteiger partial charge in [-0.05, 0) is 32.1 Å². The van der Waals surface area contributed by atoms with Crippen molar-refractivity contribution in [2.75, 3.05) is 18.1 Å². The fourth-order valence-corrected chi connectivity index (χ4v) is 1.60. The molecule has 78 valence electrons. The molecule has 0 amide bonds. The Bertz CT molecular complexity index is 151. The number of esters is 1. The smallest absolute Gasteiger partial charge is 0.316 e. The molecule has 3 nitrogen and oxygen atoms in total. The number of rotatable bonds is 6. The first-order valence-electron chi connectivity index (χ1n) is 4.53. The van der Waals surface area contributed by atoms with E-state index < -0.39 is 0 Å². The van der Waals surface area contributed by atoms with Gasteiger partial charge in [0.2, 0.25) is 0 Å². The highest BCUT2D eigenvalue weighted by Crippen LogP contribution is 2.07. The Hall–Kier alpha value is -0.220. The molecular formula is C9H19NO2S. The highest BCUT2D eigenvalue weighted by Gasteiger charge is 2.06. The molecule has 0 fully saturated rings. The minimum absolute atomic E-state index is 0.0139. The van der Waals surface area contributed by atoms with Gasteiger partial charge in [-0.25, -0.2) is 0 Å². The molecule has 0 saturated heterocycles. The summed E-state index contributed by atoms with van der Waals surface area (Å²) in [6, 6.07) is 0. The lowest BCUT2D eigenvalue weighted by Gasteiger charge is -2.09. The average Bonchev–Trinajstić information content (AvgIpc) is 2.02. The predicted octanol–water partition coefficient (Wildman–Crippen LogP) is 1.27. The van der Waals surface area contributed by atoms with E-state index in [4.69, 9.17) is 10.5 Å². The van der Waals surface area contributed by atoms with Crippen LogP contribution < -0.4 is 5.73 Å². The molecule has 1 unspecified atom stereocenters. The van der Waals surface area contributed by atoms with E-state index in [2.05, 4.69) is 6.92 Å². The minimum atomic E-state index is -0.135. The molecule has 0 aromatic rings. The highest BCUT2D eigenvalue weighted by molar-refractivity contribution is 7.99. The summed E-state index contributed by atoms with van der Waals surface area (Å²) in [5, 5.41) is 0. The van der Waals surface area contributed by atoms with E-state index in [1.165, 1.54) is 0 Å². The zero-order chi connectivity index (χ0) is 10.3. The van der Waals surface area contributed by atoms with Crippen LogP contribution in [0.4, 0.5) is 0 Å². The third kappa shape index (κ3) is 8.12. The van der Waals surface area contributed by atoms with Crippen molar-refractivity contribution < 1.29 is 9.53 Å². The van der Waals surface area contributed by atoms with Crippen molar-refractivity contribution in [2.45, 2.75) is 26.9 Å². The van der Waals surface area contributed by atoms with Gasteiger partial charge in [-0.3, -0.25) is 4.79 Å². The molecule has 0 aromatic heterocycles. The first-order chi connectivity index (χ1) is 6.06. The largest absolute Gasteiger partial charge is 0.462 e. The summed E-state index contributed by atoms with van der Waals surface area (Å²) in [7, 11) is 0. The summed E-state index contributed by atoms with van der Waals surface area (Å²) in [6.07, 6.45) is -0.0139. The van der Waals surface area contributed by atoms with Crippen LogP contribution in [0, 0.1) is 5.92 Å². The summed E-state index contributed by atoms with van der Waals surface area (Å²) < 4.78 is 4.97. The number of hydrogen-bond acceptors (Lipinski definition) is 4. The molecule has 0 saturated carbocycles. The summed E-state index contributed by atoms with van der Waals surface area (Å²) in [5.41, 5.74) is 5.44. The van der Waals surface area contributed by atoms with Crippen molar-refractivity contribution >= 4 is 17.7 Å². The Labute approximate surface area is 84.4 Å². The Morgan fingerprint density at radius 3 is 2.54 bits per heavy atom. The third-order valence-electron chi connectivity index (χ3n) is 1.39. The highest BCUT2D eigenvalue weighted by atomic mass is 32.2. The second kappa shape index (κ2) is 7.21. The lowest BCUT2D eigenvalue weighted by Crippen LogP contribution is -2.16. The second-order valence-corrected chi connectivity index (χ2v) is 4.42. The standard InChI is InChI=1S/C9H19NO2S/c1-7(2)12-9(11)6-13-5-8(3)4-10/h7-8H,4-6,10H2,1-3H3. The minimum Gasteiger partial charge on any atom is -0.462 e. The van der Waals surface area contributed by atoms with E-state index in [0.29, 0.717) is 18.2 Å². The monoisotopic (exact) mass is 205 g/mol. The third-order valence-corrected chi connectivity index (χ3v) is 2.64. The normalized spacial score (nSPS) is 13.0. The van der Waals surface area contributed by atoms with Gasteiger partial charge in [0.05, 0.1) is 11.9 Å². The Morgan fingerprint density at radius 2 is 2.08 bits per heavy atom. The van der Waals surface area contributed by atoms with Gasteiger partial charge in [0, 0.05) is 0 Å². The van der Waals surface area contributed by atoms with E-state index in [1.54, 1.807) is 11.8 Å². The van der Waals surface area contributed by atoms with E-state index in [-0.39, 0.29) is 12.1 Å². The van der Waals surface area contributed by atoms with E-state index in [9.17, 15) is 4.79 Å². The van der Waals surface area contributed by atoms with E-state index in [0.717, 1.165) is 5.75 Å². The maximum absolute atomic E-state index is 11.0. The first-order valence-corrected chi connectivity index (χ1v) is 5.69. The van der Waals surface area contributed by atoms with Gasteiger partial charge in [0.25, 0.3) is 0 Å². The van der Waals surface area contributed by atoms with Crippen LogP contribution in [0.15, 0.2) is 0 Å². The van der Waals surface area contributed by atoms with Crippen LogP contribution in [0.5, 0.6) is 0 Å². The zero-order valence-electron chi connectivity index (χ0n) is 8.58. The van der Waals surface area contributed by atoms with Gasteiger partial charge >= 0.3 is 5.97 Å². The van der Waals surface area contributed by atoms with Crippen LogP contribution in [0.1, 0.15) is 20.8 Å². The van der Waals surface area contributed by atoms with Crippen molar-refractivity contribution in [3.8, 4) is 0 Å². The Morgan fingerprint density at radius 1 is 1.46 bits per heavy atom. The molecular weight excluding hydrogens is 186 g/mol. The molecule has 0 aromatic carbocycles. The van der Waals surface area contributed by atoms with Gasteiger partial charge in [-0.2, -0.15) is 0 Å². The lowest BCUT2D eigenvalue weighted by atomic mass is 10.2. The van der Waals surface area contributed by atoms with Gasteiger partial charge in [-0.15, -0.1) is 11.8 Å². The van der Waals surface area contributed by atoms with E-state index in [1.807, 2.05) is 13.8 Å². The van der Waals surface area contributed by atoms with Gasteiger partial charge in [0.1, 0.15) is 0 Å². The average molecular weight is 205 g/mol. The van der Waals surface area contributed by atoms with Crippen LogP contribution in [0.3, 0.4) is 0 Å². The number of hydrogen-bond donors (Lipinski definition) is 1. The van der Waals surface area contributed by atoms with Crippen LogP contribution in [0.25, 0.3) is 0 Å². The van der Waals surface area contributed by atoms with Crippen LogP contribution in [-0.2, 0) is 9.53 Å². The van der Waals surface area contributed by atoms with Crippen molar-refractivity contribution in [2.24, 2.45) is 11.7 Å². The number of ether oxygens (including phenoxy) is 1. The second-order valence-electron chi connectivity index (χ2n) is 3.39. The van der Waals surface area contributed by atoms with Gasteiger partial charge in [0.15, 0.2) is 0 Å².